The van der Waals surface area contributed by atoms with Gasteiger partial charge in [0.25, 0.3) is 0 Å². The quantitative estimate of drug-likeness (QED) is 0.400. The molecule has 33 heavy (non-hydrogen) atoms. The van der Waals surface area contributed by atoms with E-state index in [0.717, 1.165) is 18.4 Å². The monoisotopic (exact) mass is 477 g/mol. The maximum Gasteiger partial charge on any atom is 0.0438 e. The molecule has 1 fully saturated rings. The van der Waals surface area contributed by atoms with Crippen LogP contribution >= 0.6 is 23.2 Å². The van der Waals surface area contributed by atoms with E-state index in [0.29, 0.717) is 16.0 Å². The highest BCUT2D eigenvalue weighted by Crippen LogP contribution is 2.41. The molecule has 0 N–H and O–H groups in total. The largest absolute Gasteiger partial charge is 0.347 e. The number of halogens is 2. The molecule has 2 aromatic carbocycles. The number of hydrogen-bond acceptors (Lipinski definition) is 1. The Hall–Kier alpha value is -2.22. The second-order valence-corrected chi connectivity index (χ2v) is 10.0. The minimum Gasteiger partial charge on any atom is -0.347 e. The Morgan fingerprint density at radius 1 is 0.970 bits per heavy atom. The number of rotatable bonds is 6. The summed E-state index contributed by atoms with van der Waals surface area (Å²) in [7, 11) is 2.24. The van der Waals surface area contributed by atoms with Crippen molar-refractivity contribution in [1.29, 1.82) is 0 Å². The van der Waals surface area contributed by atoms with Crippen molar-refractivity contribution in [1.82, 2.24) is 4.90 Å². The van der Waals surface area contributed by atoms with Crippen LogP contribution in [0, 0.1) is 5.92 Å². The van der Waals surface area contributed by atoms with Gasteiger partial charge in [0.2, 0.25) is 0 Å². The highest BCUT2D eigenvalue weighted by Gasteiger charge is 2.28. The van der Waals surface area contributed by atoms with Crippen molar-refractivity contribution in [2.24, 2.45) is 5.92 Å². The van der Waals surface area contributed by atoms with E-state index in [2.05, 4.69) is 61.9 Å². The number of hydrogen-bond donors (Lipinski definition) is 0. The summed E-state index contributed by atoms with van der Waals surface area (Å²) in [6.45, 7) is 6.27. The first kappa shape index (κ1) is 23.9. The van der Waals surface area contributed by atoms with Gasteiger partial charge in [0, 0.05) is 34.1 Å². The molecular weight excluding hydrogens is 445 g/mol. The topological polar surface area (TPSA) is 3.24 Å². The predicted molar refractivity (Wildman–Crippen MR) is 144 cm³/mol. The van der Waals surface area contributed by atoms with E-state index in [9.17, 15) is 0 Å². The zero-order chi connectivity index (χ0) is 23.4. The van der Waals surface area contributed by atoms with Crippen LogP contribution < -0.4 is 0 Å². The molecule has 0 spiro atoms. The third kappa shape index (κ3) is 5.48. The van der Waals surface area contributed by atoms with Gasteiger partial charge in [-0.15, -0.1) is 0 Å². The lowest BCUT2D eigenvalue weighted by atomic mass is 9.81. The molecule has 2 aromatic rings. The first-order chi connectivity index (χ1) is 16.0. The van der Waals surface area contributed by atoms with Crippen molar-refractivity contribution in [3.63, 3.8) is 0 Å². The summed E-state index contributed by atoms with van der Waals surface area (Å²) < 4.78 is 0. The van der Waals surface area contributed by atoms with Crippen molar-refractivity contribution in [2.45, 2.75) is 51.9 Å². The fourth-order valence-electron chi connectivity index (χ4n) is 5.29. The molecule has 1 aliphatic carbocycles. The van der Waals surface area contributed by atoms with E-state index in [1.54, 1.807) is 6.07 Å². The summed E-state index contributed by atoms with van der Waals surface area (Å²) in [5.74, 6) is 0.606. The summed E-state index contributed by atoms with van der Waals surface area (Å²) in [5, 5.41) is 1.36. The molecule has 0 bridgehead atoms. The number of benzene rings is 2. The van der Waals surface area contributed by atoms with Gasteiger partial charge in [-0.1, -0.05) is 92.4 Å². The molecule has 1 nitrogen and oxygen atoms in total. The van der Waals surface area contributed by atoms with Crippen LogP contribution in [0.5, 0.6) is 0 Å². The first-order valence-electron chi connectivity index (χ1n) is 12.1. The smallest absolute Gasteiger partial charge is 0.0438 e. The van der Waals surface area contributed by atoms with Gasteiger partial charge >= 0.3 is 0 Å². The van der Waals surface area contributed by atoms with Crippen LogP contribution in [0.25, 0.3) is 5.57 Å². The Labute approximate surface area is 209 Å². The maximum atomic E-state index is 6.19. The van der Waals surface area contributed by atoms with Crippen molar-refractivity contribution in [2.75, 3.05) is 7.05 Å². The molecule has 0 amide bonds. The van der Waals surface area contributed by atoms with Crippen LogP contribution in [-0.2, 0) is 6.42 Å². The highest BCUT2D eigenvalue weighted by molar-refractivity contribution is 6.34. The van der Waals surface area contributed by atoms with E-state index in [1.165, 1.54) is 65.8 Å². The zero-order valence-corrected chi connectivity index (χ0v) is 21.2. The summed E-state index contributed by atoms with van der Waals surface area (Å²) in [5.41, 5.74) is 9.07. The first-order valence-corrected chi connectivity index (χ1v) is 12.8. The van der Waals surface area contributed by atoms with E-state index in [-0.39, 0.29) is 0 Å². The summed E-state index contributed by atoms with van der Waals surface area (Å²) in [6, 6.07) is 14.7. The molecule has 1 heterocycles. The Morgan fingerprint density at radius 3 is 2.24 bits per heavy atom. The minimum atomic E-state index is 0.606. The van der Waals surface area contributed by atoms with E-state index in [4.69, 9.17) is 23.2 Å². The molecule has 0 atom stereocenters. The summed E-state index contributed by atoms with van der Waals surface area (Å²) in [6.07, 6.45) is 14.9. The average Bonchev–Trinajstić information content (AvgIpc) is 2.81. The third-order valence-corrected chi connectivity index (χ3v) is 7.39. The number of nitrogens with zero attached hydrogens (tertiary/aromatic N) is 1. The molecule has 0 saturated heterocycles. The second kappa shape index (κ2) is 10.8. The van der Waals surface area contributed by atoms with E-state index in [1.807, 2.05) is 18.2 Å². The highest BCUT2D eigenvalue weighted by atomic mass is 35.5. The van der Waals surface area contributed by atoms with Crippen LogP contribution in [0.3, 0.4) is 0 Å². The van der Waals surface area contributed by atoms with Gasteiger partial charge in [0.15, 0.2) is 0 Å². The Bertz CT molecular complexity index is 1080. The van der Waals surface area contributed by atoms with Crippen molar-refractivity contribution >= 4 is 28.8 Å². The summed E-state index contributed by atoms with van der Waals surface area (Å²) in [4.78, 5) is 2.44. The molecule has 2 aliphatic rings. The van der Waals surface area contributed by atoms with Gasteiger partial charge in [-0.3, -0.25) is 0 Å². The van der Waals surface area contributed by atoms with E-state index >= 15 is 0 Å². The lowest BCUT2D eigenvalue weighted by Crippen LogP contribution is -2.28. The van der Waals surface area contributed by atoms with Gasteiger partial charge < -0.3 is 4.90 Å². The van der Waals surface area contributed by atoms with Gasteiger partial charge in [0.05, 0.1) is 0 Å². The van der Waals surface area contributed by atoms with Crippen molar-refractivity contribution in [3.8, 4) is 0 Å². The van der Waals surface area contributed by atoms with Crippen LogP contribution in [0.1, 0.15) is 62.1 Å². The standard InChI is InChI=1S/C30H33Cl2N/c1-4-23(5-2)29-16-15-28(30(33(29)3)25-9-7-6-8-10-25)24-13-11-21(12-14-24)17-22-18-26(31)20-27(32)19-22/h4,11-16,18-20,25H,1,5-10,17H2,2-3H3/b29-23+. The molecule has 0 radical (unpaired) electrons. The predicted octanol–water partition coefficient (Wildman–Crippen LogP) is 9.23. The maximum absolute atomic E-state index is 6.19. The Morgan fingerprint density at radius 2 is 1.64 bits per heavy atom. The average molecular weight is 479 g/mol. The van der Waals surface area contributed by atoms with Gasteiger partial charge in [-0.25, -0.2) is 0 Å². The zero-order valence-electron chi connectivity index (χ0n) is 19.7. The van der Waals surface area contributed by atoms with Gasteiger partial charge in [0.1, 0.15) is 0 Å². The molecule has 172 valence electrons. The fourth-order valence-corrected chi connectivity index (χ4v) is 5.86. The lowest BCUT2D eigenvalue weighted by molar-refractivity contribution is 0.338. The van der Waals surface area contributed by atoms with Gasteiger partial charge in [-0.05, 0) is 78.1 Å². The van der Waals surface area contributed by atoms with Crippen molar-refractivity contribution in [3.05, 3.63) is 111 Å². The van der Waals surface area contributed by atoms with Crippen LogP contribution in [-0.4, -0.2) is 11.9 Å². The number of likely N-dealkylation sites (N-methyl/N-ethyl adjacent to an activating group) is 1. The van der Waals surface area contributed by atoms with Crippen LogP contribution in [0.2, 0.25) is 10.0 Å². The lowest BCUT2D eigenvalue weighted by Gasteiger charge is -2.37. The molecule has 1 aliphatic heterocycles. The molecule has 0 unspecified atom stereocenters. The Kier molecular flexibility index (Phi) is 7.83. The van der Waals surface area contributed by atoms with Gasteiger partial charge in [-0.2, -0.15) is 0 Å². The molecule has 0 aromatic heterocycles. The van der Waals surface area contributed by atoms with Crippen LogP contribution in [0.4, 0.5) is 0 Å². The van der Waals surface area contributed by atoms with E-state index < -0.39 is 0 Å². The molecule has 1 saturated carbocycles. The normalized spacial score (nSPS) is 18.6. The molecular formula is C30H33Cl2N. The second-order valence-electron chi connectivity index (χ2n) is 9.15. The van der Waals surface area contributed by atoms with Crippen molar-refractivity contribution < 1.29 is 0 Å². The SMILES string of the molecule is C=C/C(CC)=C1/C=CC(c2ccc(Cc3cc(Cl)cc(Cl)c3)cc2)=C(C2CCCCC2)N1C. The molecule has 3 heteroatoms. The molecule has 4 rings (SSSR count). The van der Waals surface area contributed by atoms with Crippen LogP contribution in [0.15, 0.2) is 84.2 Å². The third-order valence-electron chi connectivity index (χ3n) is 6.95. The number of allylic oxidation sites excluding steroid dienone is 6. The minimum absolute atomic E-state index is 0.606. The fraction of sp³-hybridized carbons (Fsp3) is 0.333. The Balaban J connectivity index is 1.68. The summed E-state index contributed by atoms with van der Waals surface area (Å²) >= 11 is 12.4.